The van der Waals surface area contributed by atoms with E-state index in [1.54, 1.807) is 48.5 Å². The van der Waals surface area contributed by atoms with E-state index in [-0.39, 0.29) is 12.2 Å². The Balaban J connectivity index is 1.49. The number of benzene rings is 4. The van der Waals surface area contributed by atoms with Crippen molar-refractivity contribution in [2.24, 2.45) is 0 Å². The third-order valence-corrected chi connectivity index (χ3v) is 6.28. The predicted molar refractivity (Wildman–Crippen MR) is 162 cm³/mol. The van der Waals surface area contributed by atoms with Gasteiger partial charge < -0.3 is 19.5 Å². The van der Waals surface area contributed by atoms with Crippen LogP contribution in [0.5, 0.6) is 17.2 Å². The first-order valence-corrected chi connectivity index (χ1v) is 13.2. The van der Waals surface area contributed by atoms with Crippen molar-refractivity contribution < 1.29 is 19.0 Å². The van der Waals surface area contributed by atoms with Gasteiger partial charge in [0.1, 0.15) is 30.6 Å². The van der Waals surface area contributed by atoms with Crippen LogP contribution in [0.3, 0.4) is 0 Å². The molecule has 0 aliphatic heterocycles. The third kappa shape index (κ3) is 7.65. The van der Waals surface area contributed by atoms with E-state index in [4.69, 9.17) is 14.2 Å². The quantitative estimate of drug-likeness (QED) is 0.115. The van der Waals surface area contributed by atoms with Gasteiger partial charge in [0.05, 0.1) is 18.7 Å². The lowest BCUT2D eigenvalue weighted by atomic mass is 10.0. The van der Waals surface area contributed by atoms with E-state index >= 15 is 0 Å². The van der Waals surface area contributed by atoms with Crippen LogP contribution in [0, 0.1) is 22.7 Å². The molecule has 0 unspecified atom stereocenters. The van der Waals surface area contributed by atoms with Crippen LogP contribution < -0.4 is 19.5 Å². The molecule has 0 saturated heterocycles. The maximum atomic E-state index is 13.0. The molecule has 208 valence electrons. The lowest BCUT2D eigenvalue weighted by molar-refractivity contribution is -0.112. The summed E-state index contributed by atoms with van der Waals surface area (Å²) in [6.45, 7) is 4.43. The van der Waals surface area contributed by atoms with Crippen molar-refractivity contribution >= 4 is 17.7 Å². The number of carbonyl (C=O) groups excluding carboxylic acids is 1. The normalized spacial score (nSPS) is 10.6. The monoisotopic (exact) mass is 555 g/mol. The first-order valence-electron chi connectivity index (χ1n) is 13.2. The number of ether oxygens (including phenoxy) is 3. The van der Waals surface area contributed by atoms with Gasteiger partial charge in [-0.15, -0.1) is 6.58 Å². The van der Waals surface area contributed by atoms with Gasteiger partial charge >= 0.3 is 0 Å². The zero-order valence-corrected chi connectivity index (χ0v) is 23.2. The lowest BCUT2D eigenvalue weighted by Gasteiger charge is -2.16. The summed E-state index contributed by atoms with van der Waals surface area (Å²) in [5, 5.41) is 21.9. The predicted octanol–water partition coefficient (Wildman–Crippen LogP) is 7.00. The maximum absolute atomic E-state index is 13.0. The summed E-state index contributed by atoms with van der Waals surface area (Å²) in [4.78, 5) is 13.0. The minimum Gasteiger partial charge on any atom is -0.493 e. The Labute approximate surface area is 245 Å². The number of rotatable bonds is 12. The Morgan fingerprint density at radius 3 is 2.33 bits per heavy atom. The van der Waals surface area contributed by atoms with Crippen LogP contribution >= 0.6 is 0 Å². The Morgan fingerprint density at radius 2 is 1.64 bits per heavy atom. The summed E-state index contributed by atoms with van der Waals surface area (Å²) in [7, 11) is 1.52. The highest BCUT2D eigenvalue weighted by molar-refractivity contribution is 6.09. The standard InChI is InChI=1S/C35H29N3O4/c1-3-9-27-18-26(20-33(40-2)34(27)42-24-29-13-8-7-12-28(29)21-36)19-30(22-37)35(39)38-31-14-16-32(17-15-31)41-23-25-10-5-4-6-11-25/h3-8,10-20H,1,9,23-24H2,2H3,(H,38,39)/b30-19+. The second-order valence-electron chi connectivity index (χ2n) is 9.18. The molecule has 0 atom stereocenters. The van der Waals surface area contributed by atoms with E-state index in [0.29, 0.717) is 47.1 Å². The van der Waals surface area contributed by atoms with Gasteiger partial charge in [-0.05, 0) is 66.1 Å². The van der Waals surface area contributed by atoms with Gasteiger partial charge in [-0.25, -0.2) is 0 Å². The zero-order valence-electron chi connectivity index (χ0n) is 23.2. The smallest absolute Gasteiger partial charge is 0.266 e. The van der Waals surface area contributed by atoms with E-state index in [1.165, 1.54) is 13.2 Å². The molecule has 7 heteroatoms. The van der Waals surface area contributed by atoms with Crippen LogP contribution in [0.25, 0.3) is 6.08 Å². The van der Waals surface area contributed by atoms with Crippen LogP contribution in [-0.4, -0.2) is 13.0 Å². The van der Waals surface area contributed by atoms with Gasteiger partial charge in [0.15, 0.2) is 11.5 Å². The fourth-order valence-electron chi connectivity index (χ4n) is 4.18. The molecule has 0 saturated carbocycles. The van der Waals surface area contributed by atoms with Crippen LogP contribution in [-0.2, 0) is 24.4 Å². The molecule has 0 aliphatic rings. The molecular formula is C35H29N3O4. The number of allylic oxidation sites excluding steroid dienone is 1. The number of amides is 1. The summed E-state index contributed by atoms with van der Waals surface area (Å²) in [6, 6.07) is 31.6. The molecule has 0 radical (unpaired) electrons. The molecule has 4 aromatic carbocycles. The number of hydrogen-bond acceptors (Lipinski definition) is 6. The van der Waals surface area contributed by atoms with E-state index < -0.39 is 5.91 Å². The van der Waals surface area contributed by atoms with Gasteiger partial charge in [0.25, 0.3) is 5.91 Å². The summed E-state index contributed by atoms with van der Waals surface area (Å²) < 4.78 is 17.5. The second-order valence-corrected chi connectivity index (χ2v) is 9.18. The van der Waals surface area contributed by atoms with Gasteiger partial charge in [-0.1, -0.05) is 54.6 Å². The fourth-order valence-corrected chi connectivity index (χ4v) is 4.18. The number of nitrogens with zero attached hydrogens (tertiary/aromatic N) is 2. The number of methoxy groups -OCH3 is 1. The maximum Gasteiger partial charge on any atom is 0.266 e. The Hall–Kier alpha value is -5.79. The first kappa shape index (κ1) is 29.2. The van der Waals surface area contributed by atoms with Gasteiger partial charge in [0, 0.05) is 16.8 Å². The first-order chi connectivity index (χ1) is 20.5. The number of nitriles is 2. The zero-order chi connectivity index (χ0) is 29.7. The highest BCUT2D eigenvalue weighted by atomic mass is 16.5. The molecule has 7 nitrogen and oxygen atoms in total. The number of anilines is 1. The molecule has 42 heavy (non-hydrogen) atoms. The van der Waals surface area contributed by atoms with Crippen LogP contribution in [0.4, 0.5) is 5.69 Å². The summed E-state index contributed by atoms with van der Waals surface area (Å²) in [5.74, 6) is 1.04. The van der Waals surface area contributed by atoms with E-state index in [1.807, 2.05) is 54.6 Å². The van der Waals surface area contributed by atoms with Crippen LogP contribution in [0.1, 0.15) is 27.8 Å². The summed E-state index contributed by atoms with van der Waals surface area (Å²) in [6.07, 6.45) is 3.68. The van der Waals surface area contributed by atoms with Crippen molar-refractivity contribution in [2.75, 3.05) is 12.4 Å². The van der Waals surface area contributed by atoms with Crippen molar-refractivity contribution in [3.8, 4) is 29.4 Å². The van der Waals surface area contributed by atoms with Gasteiger partial charge in [0.2, 0.25) is 0 Å². The molecule has 0 bridgehead atoms. The van der Waals surface area contributed by atoms with Gasteiger partial charge in [-0.3, -0.25) is 4.79 Å². The lowest BCUT2D eigenvalue weighted by Crippen LogP contribution is -2.13. The fraction of sp³-hybridized carbons (Fsp3) is 0.114. The molecule has 0 heterocycles. The van der Waals surface area contributed by atoms with Gasteiger partial charge in [-0.2, -0.15) is 10.5 Å². The highest BCUT2D eigenvalue weighted by Crippen LogP contribution is 2.35. The molecule has 1 N–H and O–H groups in total. The molecule has 0 fully saturated rings. The average molecular weight is 556 g/mol. The highest BCUT2D eigenvalue weighted by Gasteiger charge is 2.16. The van der Waals surface area contributed by atoms with Crippen molar-refractivity contribution in [2.45, 2.75) is 19.6 Å². The van der Waals surface area contributed by atoms with Crippen LogP contribution in [0.2, 0.25) is 0 Å². The number of nitrogens with one attached hydrogen (secondary N) is 1. The van der Waals surface area contributed by atoms with Crippen molar-refractivity contribution in [1.29, 1.82) is 10.5 Å². The molecule has 0 spiro atoms. The Kier molecular flexibility index (Phi) is 10.1. The third-order valence-electron chi connectivity index (χ3n) is 6.28. The van der Waals surface area contributed by atoms with Crippen molar-refractivity contribution in [1.82, 2.24) is 0 Å². The molecular weight excluding hydrogens is 526 g/mol. The minimum atomic E-state index is -0.548. The minimum absolute atomic E-state index is 0.0809. The van der Waals surface area contributed by atoms with E-state index in [2.05, 4.69) is 18.0 Å². The van der Waals surface area contributed by atoms with Crippen molar-refractivity contribution in [3.05, 3.63) is 137 Å². The summed E-state index contributed by atoms with van der Waals surface area (Å²) in [5.41, 5.74) is 4.12. The SMILES string of the molecule is C=CCc1cc(/C=C(\C#N)C(=O)Nc2ccc(OCc3ccccc3)cc2)cc(OC)c1OCc1ccccc1C#N. The van der Waals surface area contributed by atoms with E-state index in [9.17, 15) is 15.3 Å². The number of carbonyl (C=O) groups is 1. The Bertz CT molecular complexity index is 1660. The van der Waals surface area contributed by atoms with Crippen molar-refractivity contribution in [3.63, 3.8) is 0 Å². The van der Waals surface area contributed by atoms with E-state index in [0.717, 1.165) is 16.7 Å². The summed E-state index contributed by atoms with van der Waals surface area (Å²) >= 11 is 0. The molecule has 0 aromatic heterocycles. The molecule has 1 amide bonds. The molecule has 0 aliphatic carbocycles. The molecule has 4 aromatic rings. The number of hydrogen-bond donors (Lipinski definition) is 1. The van der Waals surface area contributed by atoms with Crippen LogP contribution in [0.15, 0.2) is 109 Å². The largest absolute Gasteiger partial charge is 0.493 e. The molecule has 4 rings (SSSR count). The average Bonchev–Trinajstić information content (AvgIpc) is 3.03. The Morgan fingerprint density at radius 1 is 0.905 bits per heavy atom. The topological polar surface area (TPSA) is 104 Å². The second kappa shape index (κ2) is 14.6.